The number of hydrogen-bond acceptors (Lipinski definition) is 7. The minimum absolute atomic E-state index is 0.129. The molecular weight excluding hydrogens is 603 g/mol. The van der Waals surface area contributed by atoms with Crippen molar-refractivity contribution in [1.29, 1.82) is 0 Å². The van der Waals surface area contributed by atoms with Gasteiger partial charge in [0.1, 0.15) is 18.5 Å². The predicted octanol–water partition coefficient (Wildman–Crippen LogP) is 3.42. The van der Waals surface area contributed by atoms with Gasteiger partial charge in [-0.1, -0.05) is 37.6 Å². The van der Waals surface area contributed by atoms with Crippen LogP contribution in [0.4, 0.5) is 11.4 Å². The van der Waals surface area contributed by atoms with Gasteiger partial charge in [0.25, 0.3) is 0 Å². The Bertz CT molecular complexity index is 1590. The molecule has 2 aromatic carbocycles. The third kappa shape index (κ3) is 6.76. The molecule has 0 fully saturated rings. The first-order valence-electron chi connectivity index (χ1n) is 14.3. The molecule has 0 radical (unpaired) electrons. The van der Waals surface area contributed by atoms with E-state index in [4.69, 9.17) is 39.7 Å². The largest absolute Gasteiger partial charge is 0.497 e. The number of likely N-dealkylation sites (N-methyl/N-ethyl adjacent to an activating group) is 1. The van der Waals surface area contributed by atoms with Crippen molar-refractivity contribution in [3.8, 4) is 11.5 Å². The van der Waals surface area contributed by atoms with Crippen LogP contribution in [0.1, 0.15) is 58.1 Å². The van der Waals surface area contributed by atoms with E-state index in [2.05, 4.69) is 99.8 Å². The monoisotopic (exact) mass is 642 g/mol. The summed E-state index contributed by atoms with van der Waals surface area (Å²) in [6, 6.07) is 12.7. The van der Waals surface area contributed by atoms with Gasteiger partial charge in [0.2, 0.25) is 5.69 Å². The van der Waals surface area contributed by atoms with Gasteiger partial charge < -0.3 is 14.4 Å². The van der Waals surface area contributed by atoms with Crippen LogP contribution in [0.2, 0.25) is 0 Å². The molecule has 0 unspecified atom stereocenters. The molecule has 2 heterocycles. The van der Waals surface area contributed by atoms with E-state index in [1.807, 2.05) is 12.1 Å². The van der Waals surface area contributed by atoms with Crippen molar-refractivity contribution in [3.05, 3.63) is 93.7 Å². The molecular formula is C34H40Cl2N2O6. The highest BCUT2D eigenvalue weighted by molar-refractivity contribution is 6.32. The van der Waals surface area contributed by atoms with Crippen LogP contribution in [0.15, 0.2) is 82.6 Å². The van der Waals surface area contributed by atoms with Crippen LogP contribution in [0.5, 0.6) is 11.5 Å². The summed E-state index contributed by atoms with van der Waals surface area (Å²) in [5.41, 5.74) is 9.65. The molecule has 2 aromatic rings. The van der Waals surface area contributed by atoms with E-state index in [1.165, 1.54) is 45.1 Å². The minimum atomic E-state index is -4.94. The zero-order valence-corrected chi connectivity index (χ0v) is 28.0. The maximum absolute atomic E-state index is 8.49. The van der Waals surface area contributed by atoms with Crippen LogP contribution in [0.3, 0.4) is 0 Å². The van der Waals surface area contributed by atoms with E-state index in [9.17, 15) is 0 Å². The molecule has 1 aliphatic carbocycles. The first-order chi connectivity index (χ1) is 20.5. The molecule has 0 atom stereocenters. The molecule has 10 heteroatoms. The van der Waals surface area contributed by atoms with Gasteiger partial charge in [-0.15, -0.1) is 10.2 Å². The Balaban J connectivity index is 0.000000818. The molecule has 3 aliphatic rings. The molecule has 0 saturated carbocycles. The lowest BCUT2D eigenvalue weighted by Crippen LogP contribution is -2.68. The van der Waals surface area contributed by atoms with Gasteiger partial charge >= 0.3 is 0 Å². The third-order valence-corrected chi connectivity index (χ3v) is 9.31. The summed E-state index contributed by atoms with van der Waals surface area (Å²) in [6.07, 6.45) is 12.0. The van der Waals surface area contributed by atoms with Crippen molar-refractivity contribution in [2.45, 2.75) is 57.8 Å². The van der Waals surface area contributed by atoms with E-state index in [0.29, 0.717) is 0 Å². The highest BCUT2D eigenvalue weighted by atomic mass is 35.7. The second kappa shape index (κ2) is 12.7. The number of benzene rings is 2. The molecule has 44 heavy (non-hydrogen) atoms. The molecule has 0 amide bonds. The van der Waals surface area contributed by atoms with E-state index >= 15 is 0 Å². The predicted molar refractivity (Wildman–Crippen MR) is 163 cm³/mol. The Morgan fingerprint density at radius 3 is 2.07 bits per heavy atom. The molecule has 0 N–H and O–H groups in total. The second-order valence-corrected chi connectivity index (χ2v) is 13.3. The van der Waals surface area contributed by atoms with Crippen LogP contribution in [-0.2, 0) is 10.8 Å². The van der Waals surface area contributed by atoms with Crippen molar-refractivity contribution in [1.82, 2.24) is 0 Å². The van der Waals surface area contributed by atoms with Gasteiger partial charge in [-0.3, -0.25) is 0 Å². The summed E-state index contributed by atoms with van der Waals surface area (Å²) in [6.45, 7) is 9.10. The standard InChI is InChI=1S/C34H40ClN2O2.ClHO4/c1-33(2)26-20-24(38-7)14-16-28(26)36(5)30(33)18-12-22-10-9-11-23(32(22)35)13-19-31-34(3,4)27-21-25(39-8)15-17-29(27)37(31)6;2-1(3,4)5/h12-21H,9-11H2,1-8H3;(H,2,3,4,5)/q+1;/p-1. The minimum Gasteiger partial charge on any atom is -0.497 e. The Hall–Kier alpha value is -3.11. The average Bonchev–Trinajstić information content (AvgIpc) is 3.27. The summed E-state index contributed by atoms with van der Waals surface area (Å²) >= 11 is 7.05. The lowest BCUT2D eigenvalue weighted by atomic mass is 9.81. The fourth-order valence-electron chi connectivity index (χ4n) is 6.45. The quantitative estimate of drug-likeness (QED) is 0.459. The molecule has 5 rings (SSSR count). The number of methoxy groups -OCH3 is 2. The number of nitrogens with zero attached hydrogens (tertiary/aromatic N) is 2. The van der Waals surface area contributed by atoms with Crippen LogP contribution in [0, 0.1) is 10.2 Å². The van der Waals surface area contributed by atoms with Crippen molar-refractivity contribution in [3.63, 3.8) is 0 Å². The number of halogens is 2. The molecule has 8 nitrogen and oxygen atoms in total. The third-order valence-electron chi connectivity index (χ3n) is 8.82. The Morgan fingerprint density at radius 2 is 1.45 bits per heavy atom. The first-order valence-corrected chi connectivity index (χ1v) is 15.9. The average molecular weight is 644 g/mol. The Morgan fingerprint density at radius 1 is 0.864 bits per heavy atom. The van der Waals surface area contributed by atoms with E-state index in [0.717, 1.165) is 35.8 Å². The molecule has 0 aromatic heterocycles. The number of rotatable bonds is 5. The van der Waals surface area contributed by atoms with E-state index in [1.54, 1.807) is 14.2 Å². The topological polar surface area (TPSA) is 117 Å². The van der Waals surface area contributed by atoms with Gasteiger partial charge in [-0.05, 0) is 86.2 Å². The smallest absolute Gasteiger partial charge is 0.209 e. The zero-order valence-electron chi connectivity index (χ0n) is 26.5. The van der Waals surface area contributed by atoms with Gasteiger partial charge in [0.15, 0.2) is 5.71 Å². The Labute approximate surface area is 267 Å². The Kier molecular flexibility index (Phi) is 9.76. The molecule has 236 valence electrons. The normalized spacial score (nSPS) is 20.7. The van der Waals surface area contributed by atoms with Crippen LogP contribution in [0.25, 0.3) is 0 Å². The molecule has 2 aliphatic heterocycles. The van der Waals surface area contributed by atoms with Gasteiger partial charge in [-0.25, -0.2) is 18.6 Å². The van der Waals surface area contributed by atoms with Gasteiger partial charge in [0, 0.05) is 46.6 Å². The lowest BCUT2D eigenvalue weighted by molar-refractivity contribution is -2.00. The summed E-state index contributed by atoms with van der Waals surface area (Å²) in [5.74, 6) is 1.78. The summed E-state index contributed by atoms with van der Waals surface area (Å²) in [7, 11) is 2.78. The SMILES string of the molecule is COc1ccc2c(c1)C(C)(C)C(=CC=C1CCCC(C=CC3=[N+](C)c4ccc(OC)cc4C3(C)C)=C1Cl)N2C.[O-][Cl+3]([O-])([O-])[O-]. The molecule has 0 saturated heterocycles. The molecule has 0 spiro atoms. The number of allylic oxidation sites excluding steroid dienone is 8. The van der Waals surface area contributed by atoms with E-state index in [-0.39, 0.29) is 10.8 Å². The van der Waals surface area contributed by atoms with Crippen molar-refractivity contribution < 1.29 is 42.9 Å². The summed E-state index contributed by atoms with van der Waals surface area (Å²) in [5, 5.41) is 0.880. The first kappa shape index (κ1) is 33.8. The lowest BCUT2D eigenvalue weighted by Gasteiger charge is -2.24. The van der Waals surface area contributed by atoms with Crippen molar-refractivity contribution in [2.75, 3.05) is 33.2 Å². The van der Waals surface area contributed by atoms with Crippen LogP contribution in [-0.4, -0.2) is 38.6 Å². The maximum Gasteiger partial charge on any atom is 0.209 e. The highest BCUT2D eigenvalue weighted by Crippen LogP contribution is 2.48. The van der Waals surface area contributed by atoms with Crippen LogP contribution >= 0.6 is 11.6 Å². The maximum atomic E-state index is 8.49. The second-order valence-electron chi connectivity index (χ2n) is 12.2. The number of anilines is 1. The highest BCUT2D eigenvalue weighted by Gasteiger charge is 2.43. The number of hydrogen-bond donors (Lipinski definition) is 0. The fraction of sp³-hybridized carbons (Fsp3) is 0.382. The van der Waals surface area contributed by atoms with Crippen molar-refractivity contribution in [2.24, 2.45) is 0 Å². The van der Waals surface area contributed by atoms with Gasteiger partial charge in [-0.2, -0.15) is 4.58 Å². The number of fused-ring (bicyclic) bond motifs is 2. The zero-order chi connectivity index (χ0) is 32.6. The number of ether oxygens (including phenoxy) is 2. The summed E-state index contributed by atoms with van der Waals surface area (Å²) in [4.78, 5) is 2.29. The van der Waals surface area contributed by atoms with Crippen LogP contribution < -0.4 is 33.0 Å². The van der Waals surface area contributed by atoms with Crippen molar-refractivity contribution >= 4 is 28.7 Å². The fourth-order valence-corrected chi connectivity index (χ4v) is 6.77. The van der Waals surface area contributed by atoms with E-state index < -0.39 is 10.2 Å². The molecule has 0 bridgehead atoms. The summed E-state index contributed by atoms with van der Waals surface area (Å²) < 4.78 is 47.3. The van der Waals surface area contributed by atoms with Gasteiger partial charge in [0.05, 0.1) is 19.6 Å².